The number of benzene rings is 1. The standard InChI is InChI=1S/C19H26N6O3S/c26-19(22-10-7-17-5-2-1-3-6-17)23-11-16-29(27,28)25-14-12-24(13-15-25)18-20-8-4-9-21-18/h1-6,8-9H,7,10-16H2,(H2,22,23,26). The summed E-state index contributed by atoms with van der Waals surface area (Å²) in [7, 11) is -3.42. The third-order valence-electron chi connectivity index (χ3n) is 4.65. The van der Waals surface area contributed by atoms with Gasteiger partial charge in [0.05, 0.1) is 5.75 Å². The van der Waals surface area contributed by atoms with E-state index in [4.69, 9.17) is 0 Å². The third-order valence-corrected chi connectivity index (χ3v) is 6.53. The molecule has 2 amide bonds. The summed E-state index contributed by atoms with van der Waals surface area (Å²) in [4.78, 5) is 22.2. The molecule has 0 atom stereocenters. The van der Waals surface area contributed by atoms with Crippen LogP contribution in [0.4, 0.5) is 10.7 Å². The summed E-state index contributed by atoms with van der Waals surface area (Å²) in [6.45, 7) is 2.40. The number of amides is 2. The Balaban J connectivity index is 1.35. The van der Waals surface area contributed by atoms with E-state index >= 15 is 0 Å². The van der Waals surface area contributed by atoms with Crippen molar-refractivity contribution in [3.8, 4) is 0 Å². The topological polar surface area (TPSA) is 108 Å². The van der Waals surface area contributed by atoms with Crippen LogP contribution in [-0.4, -0.2) is 73.7 Å². The maximum Gasteiger partial charge on any atom is 0.314 e. The Hall–Kier alpha value is -2.72. The lowest BCUT2D eigenvalue weighted by Crippen LogP contribution is -2.50. The van der Waals surface area contributed by atoms with Crippen molar-refractivity contribution in [3.05, 3.63) is 54.4 Å². The second-order valence-electron chi connectivity index (χ2n) is 6.67. The first-order chi connectivity index (χ1) is 14.0. The highest BCUT2D eigenvalue weighted by Gasteiger charge is 2.27. The van der Waals surface area contributed by atoms with Gasteiger partial charge in [0.1, 0.15) is 0 Å². The summed E-state index contributed by atoms with van der Waals surface area (Å²) >= 11 is 0. The fraction of sp³-hybridized carbons (Fsp3) is 0.421. The zero-order chi connectivity index (χ0) is 20.5. The average molecular weight is 419 g/mol. The number of anilines is 1. The molecule has 0 unspecified atom stereocenters. The molecule has 9 nitrogen and oxygen atoms in total. The van der Waals surface area contributed by atoms with E-state index in [9.17, 15) is 13.2 Å². The van der Waals surface area contributed by atoms with Crippen LogP contribution in [0.15, 0.2) is 48.8 Å². The smallest absolute Gasteiger partial charge is 0.314 e. The maximum absolute atomic E-state index is 12.5. The summed E-state index contributed by atoms with van der Waals surface area (Å²) in [6, 6.07) is 11.2. The summed E-state index contributed by atoms with van der Waals surface area (Å²) in [5, 5.41) is 5.35. The van der Waals surface area contributed by atoms with Crippen molar-refractivity contribution in [1.29, 1.82) is 0 Å². The number of urea groups is 1. The van der Waals surface area contributed by atoms with Crippen LogP contribution in [0, 0.1) is 0 Å². The highest BCUT2D eigenvalue weighted by Crippen LogP contribution is 2.12. The Morgan fingerprint density at radius 2 is 1.59 bits per heavy atom. The number of hydrogen-bond donors (Lipinski definition) is 2. The van der Waals surface area contributed by atoms with Crippen molar-refractivity contribution >= 4 is 22.0 Å². The van der Waals surface area contributed by atoms with Crippen molar-refractivity contribution in [3.63, 3.8) is 0 Å². The minimum atomic E-state index is -3.42. The molecule has 0 bridgehead atoms. The predicted molar refractivity (Wildman–Crippen MR) is 111 cm³/mol. The molecule has 3 rings (SSSR count). The van der Waals surface area contributed by atoms with Gasteiger partial charge in [-0.05, 0) is 18.1 Å². The molecule has 0 radical (unpaired) electrons. The Labute approximate surface area is 171 Å². The van der Waals surface area contributed by atoms with Gasteiger partial charge in [-0.15, -0.1) is 0 Å². The number of carbonyl (C=O) groups excluding carboxylic acids is 1. The zero-order valence-corrected chi connectivity index (χ0v) is 17.0. The summed E-state index contributed by atoms with van der Waals surface area (Å²) < 4.78 is 26.5. The highest BCUT2D eigenvalue weighted by molar-refractivity contribution is 7.89. The molecule has 156 valence electrons. The average Bonchev–Trinajstić information content (AvgIpc) is 2.75. The number of nitrogens with one attached hydrogen (secondary N) is 2. The van der Waals surface area contributed by atoms with Gasteiger partial charge in [0, 0.05) is 51.7 Å². The van der Waals surface area contributed by atoms with Crippen LogP contribution in [-0.2, 0) is 16.4 Å². The third kappa shape index (κ3) is 6.40. The molecule has 1 aliphatic rings. The molecule has 29 heavy (non-hydrogen) atoms. The Bertz CT molecular complexity index is 871. The van der Waals surface area contributed by atoms with Gasteiger partial charge in [0.2, 0.25) is 16.0 Å². The van der Waals surface area contributed by atoms with Gasteiger partial charge in [0.15, 0.2) is 0 Å². The van der Waals surface area contributed by atoms with Gasteiger partial charge in [-0.25, -0.2) is 23.2 Å². The first-order valence-corrected chi connectivity index (χ1v) is 11.2. The van der Waals surface area contributed by atoms with Crippen molar-refractivity contribution in [2.24, 2.45) is 0 Å². The Morgan fingerprint density at radius 3 is 2.28 bits per heavy atom. The molecule has 1 aromatic heterocycles. The quantitative estimate of drug-likeness (QED) is 0.645. The van der Waals surface area contributed by atoms with Crippen LogP contribution >= 0.6 is 0 Å². The van der Waals surface area contributed by atoms with Crippen LogP contribution in [0.2, 0.25) is 0 Å². The van der Waals surface area contributed by atoms with Crippen LogP contribution in [0.25, 0.3) is 0 Å². The lowest BCUT2D eigenvalue weighted by molar-refractivity contribution is 0.241. The second kappa shape index (κ2) is 10.2. The second-order valence-corrected chi connectivity index (χ2v) is 8.76. The largest absolute Gasteiger partial charge is 0.338 e. The molecule has 1 fully saturated rings. The number of aromatic nitrogens is 2. The van der Waals surface area contributed by atoms with E-state index in [1.165, 1.54) is 4.31 Å². The van der Waals surface area contributed by atoms with E-state index in [2.05, 4.69) is 20.6 Å². The number of hydrogen-bond acceptors (Lipinski definition) is 6. The van der Waals surface area contributed by atoms with Crippen molar-refractivity contribution in [2.75, 3.05) is 49.9 Å². The van der Waals surface area contributed by atoms with Gasteiger partial charge in [-0.2, -0.15) is 4.31 Å². The summed E-state index contributed by atoms with van der Waals surface area (Å²) in [5.74, 6) is 0.486. The Morgan fingerprint density at radius 1 is 0.931 bits per heavy atom. The molecule has 2 heterocycles. The van der Waals surface area contributed by atoms with Crippen molar-refractivity contribution < 1.29 is 13.2 Å². The molecule has 0 saturated carbocycles. The fourth-order valence-corrected chi connectivity index (χ4v) is 4.41. The molecule has 2 N–H and O–H groups in total. The monoisotopic (exact) mass is 418 g/mol. The highest BCUT2D eigenvalue weighted by atomic mass is 32.2. The first-order valence-electron chi connectivity index (χ1n) is 9.60. The van der Waals surface area contributed by atoms with E-state index in [0.29, 0.717) is 38.7 Å². The first kappa shape index (κ1) is 21.0. The normalized spacial score (nSPS) is 15.1. The number of carbonyl (C=O) groups is 1. The summed E-state index contributed by atoms with van der Waals surface area (Å²) in [6.07, 6.45) is 4.06. The molecule has 1 aliphatic heterocycles. The van der Waals surface area contributed by atoms with E-state index in [1.807, 2.05) is 35.2 Å². The van der Waals surface area contributed by atoms with Gasteiger partial charge in [-0.1, -0.05) is 30.3 Å². The zero-order valence-electron chi connectivity index (χ0n) is 16.2. The van der Waals surface area contributed by atoms with Crippen molar-refractivity contribution in [2.45, 2.75) is 6.42 Å². The van der Waals surface area contributed by atoms with Crippen molar-refractivity contribution in [1.82, 2.24) is 24.9 Å². The van der Waals surface area contributed by atoms with Gasteiger partial charge in [0.25, 0.3) is 0 Å². The SMILES string of the molecule is O=C(NCCc1ccccc1)NCCS(=O)(=O)N1CCN(c2ncccn2)CC1. The minimum Gasteiger partial charge on any atom is -0.338 e. The van der Waals surface area contributed by atoms with Gasteiger partial charge in [-0.3, -0.25) is 0 Å². The number of piperazine rings is 1. The van der Waals surface area contributed by atoms with Crippen LogP contribution in [0.3, 0.4) is 0 Å². The van der Waals surface area contributed by atoms with Gasteiger partial charge < -0.3 is 15.5 Å². The Kier molecular flexibility index (Phi) is 7.36. The molecule has 0 spiro atoms. The molecular formula is C19H26N6O3S. The molecule has 2 aromatic rings. The molecule has 1 saturated heterocycles. The summed E-state index contributed by atoms with van der Waals surface area (Å²) in [5.41, 5.74) is 1.13. The maximum atomic E-state index is 12.5. The minimum absolute atomic E-state index is 0.0709. The molecular weight excluding hydrogens is 392 g/mol. The van der Waals surface area contributed by atoms with Crippen LogP contribution in [0.1, 0.15) is 5.56 Å². The van der Waals surface area contributed by atoms with Crippen LogP contribution in [0.5, 0.6) is 0 Å². The van der Waals surface area contributed by atoms with Gasteiger partial charge >= 0.3 is 6.03 Å². The number of nitrogens with zero attached hydrogens (tertiary/aromatic N) is 4. The number of sulfonamides is 1. The lowest BCUT2D eigenvalue weighted by Gasteiger charge is -2.33. The molecule has 10 heteroatoms. The lowest BCUT2D eigenvalue weighted by atomic mass is 10.1. The predicted octanol–water partition coefficient (Wildman–Crippen LogP) is 0.470. The van der Waals surface area contributed by atoms with E-state index in [0.717, 1.165) is 12.0 Å². The van der Waals surface area contributed by atoms with Crippen LogP contribution < -0.4 is 15.5 Å². The molecule has 0 aliphatic carbocycles. The number of rotatable bonds is 8. The van der Waals surface area contributed by atoms with E-state index in [-0.39, 0.29) is 18.3 Å². The fourth-order valence-electron chi connectivity index (χ4n) is 3.07. The van der Waals surface area contributed by atoms with E-state index < -0.39 is 10.0 Å². The van der Waals surface area contributed by atoms with E-state index in [1.54, 1.807) is 18.5 Å². The molecule has 1 aromatic carbocycles.